The maximum absolute atomic E-state index is 13.9. The van der Waals surface area contributed by atoms with E-state index in [0.29, 0.717) is 12.8 Å². The number of nitrogens with one attached hydrogen (secondary N) is 2. The lowest BCUT2D eigenvalue weighted by molar-refractivity contribution is -0.142. The van der Waals surface area contributed by atoms with Gasteiger partial charge in [0.25, 0.3) is 0 Å². The van der Waals surface area contributed by atoms with Crippen LogP contribution in [0.5, 0.6) is 0 Å². The molecule has 2 rings (SSSR count). The molecule has 0 spiro atoms. The fourth-order valence-corrected chi connectivity index (χ4v) is 3.02. The first-order valence-corrected chi connectivity index (χ1v) is 9.44. The van der Waals surface area contributed by atoms with Crippen LogP contribution in [0.2, 0.25) is 0 Å². The summed E-state index contributed by atoms with van der Waals surface area (Å²) in [4.78, 5) is 35.7. The number of aliphatic carboxylic acids is 1. The summed E-state index contributed by atoms with van der Waals surface area (Å²) in [6.45, 7) is 1.25. The standard InChI is InChI=1S/C22H25FN2O4/c1-15(26)24-20(14-17-11-5-6-12-18(17)23)21(27)25-19(22(28)29)13-7-10-16-8-3-2-4-9-16/h2-6,8-9,11-12,19-20H,7,10,13-14H2,1H3,(H,24,26)(H,25,27)(H,28,29)/t19-,20+/m0/s1. The Morgan fingerprint density at radius 3 is 2.24 bits per heavy atom. The van der Waals surface area contributed by atoms with Gasteiger partial charge in [0.2, 0.25) is 11.8 Å². The Morgan fingerprint density at radius 2 is 1.62 bits per heavy atom. The molecule has 2 aromatic carbocycles. The first-order valence-electron chi connectivity index (χ1n) is 9.44. The van der Waals surface area contributed by atoms with Crippen molar-refractivity contribution in [1.29, 1.82) is 0 Å². The Balaban J connectivity index is 2.00. The van der Waals surface area contributed by atoms with Crippen molar-refractivity contribution in [3.63, 3.8) is 0 Å². The SMILES string of the molecule is CC(=O)N[C@H](Cc1ccccc1F)C(=O)N[C@@H](CCCc1ccccc1)C(=O)O. The number of aryl methyl sites for hydroxylation is 1. The summed E-state index contributed by atoms with van der Waals surface area (Å²) in [6, 6.07) is 13.4. The van der Waals surface area contributed by atoms with Crippen molar-refractivity contribution in [2.45, 2.75) is 44.7 Å². The smallest absolute Gasteiger partial charge is 0.326 e. The van der Waals surface area contributed by atoms with Crippen LogP contribution in [0.15, 0.2) is 54.6 Å². The van der Waals surface area contributed by atoms with E-state index >= 15 is 0 Å². The molecule has 0 aliphatic heterocycles. The number of benzene rings is 2. The minimum Gasteiger partial charge on any atom is -0.480 e. The number of hydrogen-bond donors (Lipinski definition) is 3. The maximum Gasteiger partial charge on any atom is 0.326 e. The summed E-state index contributed by atoms with van der Waals surface area (Å²) in [5, 5.41) is 14.4. The molecule has 0 saturated carbocycles. The highest BCUT2D eigenvalue weighted by molar-refractivity contribution is 5.90. The lowest BCUT2D eigenvalue weighted by atomic mass is 10.0. The van der Waals surface area contributed by atoms with Crippen LogP contribution in [0.4, 0.5) is 4.39 Å². The number of carboxylic acids is 1. The molecule has 0 fully saturated rings. The average molecular weight is 400 g/mol. The molecule has 0 aliphatic rings. The van der Waals surface area contributed by atoms with Gasteiger partial charge in [0.1, 0.15) is 17.9 Å². The molecule has 29 heavy (non-hydrogen) atoms. The van der Waals surface area contributed by atoms with Crippen molar-refractivity contribution < 1.29 is 23.9 Å². The zero-order chi connectivity index (χ0) is 21.2. The monoisotopic (exact) mass is 400 g/mol. The van der Waals surface area contributed by atoms with E-state index in [-0.39, 0.29) is 18.4 Å². The summed E-state index contributed by atoms with van der Waals surface area (Å²) in [5.74, 6) is -2.76. The molecular weight excluding hydrogens is 375 g/mol. The summed E-state index contributed by atoms with van der Waals surface area (Å²) in [6.07, 6.45) is 1.42. The second-order valence-electron chi connectivity index (χ2n) is 6.83. The Bertz CT molecular complexity index is 842. The Hall–Kier alpha value is -3.22. The third kappa shape index (κ3) is 7.37. The summed E-state index contributed by atoms with van der Waals surface area (Å²) >= 11 is 0. The van der Waals surface area contributed by atoms with Crippen LogP contribution in [0.3, 0.4) is 0 Å². The predicted octanol–water partition coefficient (Wildman–Crippen LogP) is 2.47. The van der Waals surface area contributed by atoms with E-state index in [4.69, 9.17) is 0 Å². The third-order valence-electron chi connectivity index (χ3n) is 4.49. The molecular formula is C22H25FN2O4. The van der Waals surface area contributed by atoms with Gasteiger partial charge in [-0.3, -0.25) is 9.59 Å². The Kier molecular flexibility index (Phi) is 8.33. The van der Waals surface area contributed by atoms with E-state index in [1.165, 1.54) is 25.1 Å². The number of carbonyl (C=O) groups is 3. The lowest BCUT2D eigenvalue weighted by Gasteiger charge is -2.21. The van der Waals surface area contributed by atoms with E-state index in [1.54, 1.807) is 6.07 Å². The molecule has 3 N–H and O–H groups in total. The molecule has 6 nitrogen and oxygen atoms in total. The van der Waals surface area contributed by atoms with Crippen molar-refractivity contribution >= 4 is 17.8 Å². The van der Waals surface area contributed by atoms with Gasteiger partial charge < -0.3 is 15.7 Å². The van der Waals surface area contributed by atoms with Crippen LogP contribution < -0.4 is 10.6 Å². The second-order valence-corrected chi connectivity index (χ2v) is 6.83. The van der Waals surface area contributed by atoms with Gasteiger partial charge in [-0.25, -0.2) is 9.18 Å². The van der Waals surface area contributed by atoms with Crippen LogP contribution in [0.1, 0.15) is 30.9 Å². The maximum atomic E-state index is 13.9. The minimum atomic E-state index is -1.15. The van der Waals surface area contributed by atoms with Gasteiger partial charge in [-0.05, 0) is 36.5 Å². The van der Waals surface area contributed by atoms with Crippen molar-refractivity contribution in [1.82, 2.24) is 10.6 Å². The van der Waals surface area contributed by atoms with Crippen molar-refractivity contribution in [3.8, 4) is 0 Å². The van der Waals surface area contributed by atoms with Gasteiger partial charge in [-0.15, -0.1) is 0 Å². The van der Waals surface area contributed by atoms with Crippen molar-refractivity contribution in [2.75, 3.05) is 0 Å². The molecule has 0 aromatic heterocycles. The fraction of sp³-hybridized carbons (Fsp3) is 0.318. The van der Waals surface area contributed by atoms with Crippen LogP contribution in [-0.4, -0.2) is 35.0 Å². The molecule has 0 heterocycles. The second kappa shape index (κ2) is 10.9. The number of amides is 2. The first kappa shape index (κ1) is 22.1. The van der Waals surface area contributed by atoms with Gasteiger partial charge >= 0.3 is 5.97 Å². The van der Waals surface area contributed by atoms with E-state index in [0.717, 1.165) is 5.56 Å². The molecule has 0 bridgehead atoms. The zero-order valence-corrected chi connectivity index (χ0v) is 16.2. The molecule has 0 aliphatic carbocycles. The summed E-state index contributed by atoms with van der Waals surface area (Å²) in [7, 11) is 0. The van der Waals surface area contributed by atoms with Gasteiger partial charge in [-0.1, -0.05) is 48.5 Å². The third-order valence-corrected chi connectivity index (χ3v) is 4.49. The van der Waals surface area contributed by atoms with Crippen molar-refractivity contribution in [3.05, 3.63) is 71.5 Å². The van der Waals surface area contributed by atoms with Gasteiger partial charge in [-0.2, -0.15) is 0 Å². The molecule has 0 saturated heterocycles. The molecule has 7 heteroatoms. The van der Waals surface area contributed by atoms with Crippen LogP contribution >= 0.6 is 0 Å². The minimum absolute atomic E-state index is 0.0750. The Morgan fingerprint density at radius 1 is 0.966 bits per heavy atom. The summed E-state index contributed by atoms with van der Waals surface area (Å²) in [5.41, 5.74) is 1.34. The van der Waals surface area contributed by atoms with E-state index in [9.17, 15) is 23.9 Å². The molecule has 2 atom stereocenters. The number of hydrogen-bond acceptors (Lipinski definition) is 3. The summed E-state index contributed by atoms with van der Waals surface area (Å²) < 4.78 is 13.9. The predicted molar refractivity (Wildman–Crippen MR) is 107 cm³/mol. The number of halogens is 1. The van der Waals surface area contributed by atoms with Gasteiger partial charge in [0.05, 0.1) is 0 Å². The Labute approximate surface area is 169 Å². The molecule has 154 valence electrons. The van der Waals surface area contributed by atoms with E-state index < -0.39 is 35.7 Å². The highest BCUT2D eigenvalue weighted by Crippen LogP contribution is 2.11. The zero-order valence-electron chi connectivity index (χ0n) is 16.2. The van der Waals surface area contributed by atoms with Gasteiger partial charge in [0, 0.05) is 13.3 Å². The average Bonchev–Trinajstić information content (AvgIpc) is 2.68. The first-order chi connectivity index (χ1) is 13.9. The van der Waals surface area contributed by atoms with E-state index in [2.05, 4.69) is 10.6 Å². The molecule has 0 radical (unpaired) electrons. The largest absolute Gasteiger partial charge is 0.480 e. The molecule has 2 aromatic rings. The van der Waals surface area contributed by atoms with Crippen LogP contribution in [0, 0.1) is 5.82 Å². The topological polar surface area (TPSA) is 95.5 Å². The molecule has 2 amide bonds. The highest BCUT2D eigenvalue weighted by Gasteiger charge is 2.26. The van der Waals surface area contributed by atoms with Crippen molar-refractivity contribution in [2.24, 2.45) is 0 Å². The lowest BCUT2D eigenvalue weighted by Crippen LogP contribution is -2.52. The van der Waals surface area contributed by atoms with Crippen LogP contribution in [-0.2, 0) is 27.2 Å². The highest BCUT2D eigenvalue weighted by atomic mass is 19.1. The normalized spacial score (nSPS) is 12.6. The van der Waals surface area contributed by atoms with E-state index in [1.807, 2.05) is 30.3 Å². The number of rotatable bonds is 10. The fourth-order valence-electron chi connectivity index (χ4n) is 3.02. The number of carbonyl (C=O) groups excluding carboxylic acids is 2. The van der Waals surface area contributed by atoms with Crippen LogP contribution in [0.25, 0.3) is 0 Å². The quantitative estimate of drug-likeness (QED) is 0.571. The molecule has 0 unspecified atom stereocenters. The van der Waals surface area contributed by atoms with Gasteiger partial charge in [0.15, 0.2) is 0 Å². The number of carboxylic acid groups (broad SMARTS) is 1.